The third kappa shape index (κ3) is 6.68. The number of nitrogens with one attached hydrogen (secondary N) is 2. The molecule has 194 valence electrons. The van der Waals surface area contributed by atoms with Crippen LogP contribution in [-0.4, -0.2) is 44.3 Å². The molecule has 4 rings (SSSR count). The van der Waals surface area contributed by atoms with Crippen LogP contribution in [0.25, 0.3) is 0 Å². The Morgan fingerprint density at radius 2 is 2.14 bits per heavy atom. The molecule has 9 nitrogen and oxygen atoms in total. The predicted octanol–water partition coefficient (Wildman–Crippen LogP) is 3.31. The second-order valence-electron chi connectivity index (χ2n) is 9.24. The van der Waals surface area contributed by atoms with Crippen molar-refractivity contribution in [3.05, 3.63) is 57.5 Å². The van der Waals surface area contributed by atoms with Gasteiger partial charge in [-0.25, -0.2) is 0 Å². The van der Waals surface area contributed by atoms with Crippen LogP contribution in [0, 0.1) is 17.2 Å². The normalized spacial score (nSPS) is 16.6. The van der Waals surface area contributed by atoms with Gasteiger partial charge in [-0.1, -0.05) is 25.7 Å². The van der Waals surface area contributed by atoms with E-state index < -0.39 is 6.04 Å². The summed E-state index contributed by atoms with van der Waals surface area (Å²) in [6, 6.07) is 10.6. The fourth-order valence-electron chi connectivity index (χ4n) is 4.81. The van der Waals surface area contributed by atoms with Crippen molar-refractivity contribution in [2.24, 2.45) is 16.6 Å². The van der Waals surface area contributed by atoms with Crippen LogP contribution in [0.15, 0.2) is 47.2 Å². The lowest BCUT2D eigenvalue weighted by atomic mass is 9.97. The molecule has 1 aromatic heterocycles. The van der Waals surface area contributed by atoms with Gasteiger partial charge in [-0.3, -0.25) is 14.6 Å². The van der Waals surface area contributed by atoms with E-state index in [2.05, 4.69) is 26.6 Å². The van der Waals surface area contributed by atoms with E-state index in [0.717, 1.165) is 42.0 Å². The maximum Gasteiger partial charge on any atom is 0.262 e. The highest BCUT2D eigenvalue weighted by Gasteiger charge is 2.28. The largest absolute Gasteiger partial charge is 0.490 e. The number of nitrogens with two attached hydrogens (primary N) is 1. The molecule has 2 amide bonds. The van der Waals surface area contributed by atoms with Crippen LogP contribution in [0.5, 0.6) is 5.75 Å². The third-order valence-corrected chi connectivity index (χ3v) is 7.73. The molecular formula is C27H32N6O3S. The van der Waals surface area contributed by atoms with E-state index in [1.165, 1.54) is 23.8 Å². The van der Waals surface area contributed by atoms with Gasteiger partial charge in [0, 0.05) is 24.3 Å². The molecule has 2 heterocycles. The van der Waals surface area contributed by atoms with Crippen LogP contribution in [0.2, 0.25) is 0 Å². The van der Waals surface area contributed by atoms with Crippen LogP contribution in [0.1, 0.15) is 52.2 Å². The summed E-state index contributed by atoms with van der Waals surface area (Å²) >= 11 is 1.40. The van der Waals surface area contributed by atoms with Gasteiger partial charge >= 0.3 is 0 Å². The van der Waals surface area contributed by atoms with Gasteiger partial charge in [-0.15, -0.1) is 11.3 Å². The molecule has 1 atom stereocenters. The molecule has 1 aliphatic heterocycles. The monoisotopic (exact) mass is 520 g/mol. The Morgan fingerprint density at radius 3 is 2.86 bits per heavy atom. The minimum Gasteiger partial charge on any atom is -0.490 e. The van der Waals surface area contributed by atoms with Crippen molar-refractivity contribution >= 4 is 35.1 Å². The summed E-state index contributed by atoms with van der Waals surface area (Å²) < 4.78 is 5.74. The van der Waals surface area contributed by atoms with Crippen molar-refractivity contribution < 1.29 is 14.3 Å². The molecule has 1 aliphatic carbocycles. The fraction of sp³-hybridized carbons (Fsp3) is 0.407. The van der Waals surface area contributed by atoms with Gasteiger partial charge in [-0.05, 0) is 42.7 Å². The number of nitriles is 1. The lowest BCUT2D eigenvalue weighted by molar-refractivity contribution is -0.122. The zero-order chi connectivity index (χ0) is 26.2. The van der Waals surface area contributed by atoms with Crippen LogP contribution >= 0.6 is 11.3 Å². The molecule has 4 N–H and O–H groups in total. The van der Waals surface area contributed by atoms with Gasteiger partial charge in [0.2, 0.25) is 5.91 Å². The number of hydrogen-bond donors (Lipinski definition) is 3. The summed E-state index contributed by atoms with van der Waals surface area (Å²) in [4.78, 5) is 33.8. The highest BCUT2D eigenvalue weighted by atomic mass is 32.1. The molecule has 37 heavy (non-hydrogen) atoms. The van der Waals surface area contributed by atoms with Gasteiger partial charge in [0.1, 0.15) is 18.4 Å². The minimum absolute atomic E-state index is 0.272. The minimum atomic E-state index is -0.670. The number of amides is 2. The Balaban J connectivity index is 1.45. The maximum atomic E-state index is 13.2. The summed E-state index contributed by atoms with van der Waals surface area (Å²) in [7, 11) is 1.60. The molecular weight excluding hydrogens is 488 g/mol. The molecule has 0 spiro atoms. The number of ether oxygens (including phenoxy) is 1. The lowest BCUT2D eigenvalue weighted by Crippen LogP contribution is -2.47. The summed E-state index contributed by atoms with van der Waals surface area (Å²) in [6.07, 6.45) is 7.77. The number of hydrogen-bond acceptors (Lipinski definition) is 8. The molecule has 2 aromatic rings. The van der Waals surface area contributed by atoms with E-state index in [1.54, 1.807) is 19.2 Å². The summed E-state index contributed by atoms with van der Waals surface area (Å²) in [5.41, 5.74) is 7.44. The highest BCUT2D eigenvalue weighted by molar-refractivity contribution is 7.14. The maximum absolute atomic E-state index is 13.2. The number of carbonyl (C=O) groups excluding carboxylic acids is 2. The smallest absolute Gasteiger partial charge is 0.262 e. The first-order valence-electron chi connectivity index (χ1n) is 12.5. The Hall–Kier alpha value is -3.84. The van der Waals surface area contributed by atoms with E-state index in [1.807, 2.05) is 18.2 Å². The van der Waals surface area contributed by atoms with E-state index in [9.17, 15) is 14.9 Å². The second-order valence-corrected chi connectivity index (χ2v) is 10.4. The number of aliphatic imine (C=N–C) groups is 1. The zero-order valence-corrected chi connectivity index (χ0v) is 21.7. The first-order valence-corrected chi connectivity index (χ1v) is 13.3. The van der Waals surface area contributed by atoms with Crippen LogP contribution in [-0.2, 0) is 11.3 Å². The molecule has 1 fully saturated rings. The third-order valence-electron chi connectivity index (χ3n) is 6.66. The Bertz CT molecular complexity index is 1220. The quantitative estimate of drug-likeness (QED) is 0.435. The first-order chi connectivity index (χ1) is 18.0. The van der Waals surface area contributed by atoms with Crippen LogP contribution < -0.4 is 26.0 Å². The number of thiophene rings is 1. The second kappa shape index (κ2) is 12.4. The highest BCUT2D eigenvalue weighted by Crippen LogP contribution is 2.34. The Morgan fingerprint density at radius 1 is 1.32 bits per heavy atom. The lowest BCUT2D eigenvalue weighted by Gasteiger charge is -2.31. The van der Waals surface area contributed by atoms with Crippen LogP contribution in [0.3, 0.4) is 0 Å². The Kier molecular flexibility index (Phi) is 8.80. The van der Waals surface area contributed by atoms with Crippen molar-refractivity contribution in [2.45, 2.75) is 44.7 Å². The zero-order valence-electron chi connectivity index (χ0n) is 20.9. The average Bonchev–Trinajstić information content (AvgIpc) is 3.60. The number of rotatable bonds is 9. The molecule has 2 aliphatic rings. The number of allylic oxidation sites excluding steroid dienone is 1. The number of carbonyl (C=O) groups is 2. The van der Waals surface area contributed by atoms with E-state index in [0.29, 0.717) is 48.2 Å². The summed E-state index contributed by atoms with van der Waals surface area (Å²) in [5.74, 6) is 0.581. The number of fused-ring (bicyclic) bond motifs is 1. The van der Waals surface area contributed by atoms with Gasteiger partial charge in [0.15, 0.2) is 0 Å². The molecule has 10 heteroatoms. The predicted molar refractivity (Wildman–Crippen MR) is 145 cm³/mol. The fourth-order valence-corrected chi connectivity index (χ4v) is 5.73. The average molecular weight is 521 g/mol. The van der Waals surface area contributed by atoms with Crippen molar-refractivity contribution in [1.82, 2.24) is 10.6 Å². The van der Waals surface area contributed by atoms with Crippen molar-refractivity contribution in [3.63, 3.8) is 0 Å². The molecule has 0 saturated heterocycles. The van der Waals surface area contributed by atoms with Gasteiger partial charge in [0.25, 0.3) is 5.91 Å². The van der Waals surface area contributed by atoms with Crippen LogP contribution in [0.4, 0.5) is 5.69 Å². The number of anilines is 1. The molecule has 0 radical (unpaired) electrons. The molecule has 1 saturated carbocycles. The Labute approximate surface area is 221 Å². The van der Waals surface area contributed by atoms with Gasteiger partial charge < -0.3 is 26.0 Å². The number of benzene rings is 1. The van der Waals surface area contributed by atoms with E-state index >= 15 is 0 Å². The van der Waals surface area contributed by atoms with E-state index in [-0.39, 0.29) is 11.8 Å². The summed E-state index contributed by atoms with van der Waals surface area (Å²) in [6.45, 7) is 1.83. The van der Waals surface area contributed by atoms with E-state index in [4.69, 9.17) is 10.5 Å². The SMILES string of the molecule is CN=C/C(=C\N)NC(=O)C(CC1CCCC1)NC(=O)c1ccc(CN2CCOc3ccc(C#N)cc32)s1. The van der Waals surface area contributed by atoms with Crippen molar-refractivity contribution in [3.8, 4) is 11.8 Å². The standard InChI is InChI=1S/C27H32N6O3S/c1-30-16-20(15-29)31-26(34)22(12-18-4-2-3-5-18)32-27(35)25-9-7-21(37-25)17-33-10-11-36-24-8-6-19(14-28)13-23(24)33/h6-9,13,15-16,18,22H,2-5,10-12,17,29H2,1H3,(H,31,34)(H,32,35)/b20-15+,30-16?. The summed E-state index contributed by atoms with van der Waals surface area (Å²) in [5, 5.41) is 15.0. The first kappa shape index (κ1) is 26.2. The molecule has 1 aromatic carbocycles. The topological polar surface area (TPSA) is 133 Å². The van der Waals surface area contributed by atoms with Gasteiger partial charge in [0.05, 0.1) is 41.0 Å². The van der Waals surface area contributed by atoms with Gasteiger partial charge in [-0.2, -0.15) is 5.26 Å². The number of nitrogens with zero attached hydrogens (tertiary/aromatic N) is 3. The molecule has 0 bridgehead atoms. The van der Waals surface area contributed by atoms with Crippen molar-refractivity contribution in [1.29, 1.82) is 5.26 Å². The van der Waals surface area contributed by atoms with Crippen molar-refractivity contribution in [2.75, 3.05) is 25.1 Å². The molecule has 1 unspecified atom stereocenters.